The van der Waals surface area contributed by atoms with Gasteiger partial charge in [-0.2, -0.15) is 4.31 Å². The van der Waals surface area contributed by atoms with Crippen LogP contribution in [0.3, 0.4) is 0 Å². The Balaban J connectivity index is 1.87. The Kier molecular flexibility index (Phi) is 3.84. The molecule has 0 N–H and O–H groups in total. The van der Waals surface area contributed by atoms with Crippen molar-refractivity contribution in [1.29, 1.82) is 0 Å². The number of rotatable bonds is 2. The number of fused-ring (bicyclic) bond motifs is 1. The standard InChI is InChI=1S/C15H22N2O2S/c1-16-8-10-17(11-9-16)20(18,19)15-7-6-13-4-2-3-5-14(13)12-15/h6-7,12H,2-5,8-11H2,1H3. The number of hydrogen-bond acceptors (Lipinski definition) is 3. The predicted octanol–water partition coefficient (Wildman–Crippen LogP) is 1.50. The van der Waals surface area contributed by atoms with Gasteiger partial charge in [-0.3, -0.25) is 0 Å². The number of benzene rings is 1. The molecule has 110 valence electrons. The quantitative estimate of drug-likeness (QED) is 0.830. The first-order chi connectivity index (χ1) is 9.57. The summed E-state index contributed by atoms with van der Waals surface area (Å²) in [6.07, 6.45) is 4.49. The lowest BCUT2D eigenvalue weighted by molar-refractivity contribution is 0.222. The molecule has 3 rings (SSSR count). The maximum atomic E-state index is 12.7. The third-order valence-electron chi connectivity index (χ3n) is 4.42. The van der Waals surface area contributed by atoms with Gasteiger partial charge in [-0.15, -0.1) is 0 Å². The van der Waals surface area contributed by atoms with Gasteiger partial charge in [-0.05, 0) is 56.0 Å². The molecule has 0 aromatic heterocycles. The summed E-state index contributed by atoms with van der Waals surface area (Å²) in [5, 5.41) is 0. The molecule has 0 saturated carbocycles. The number of piperazine rings is 1. The largest absolute Gasteiger partial charge is 0.304 e. The van der Waals surface area contributed by atoms with Gasteiger partial charge in [0.15, 0.2) is 0 Å². The first-order valence-corrected chi connectivity index (χ1v) is 8.82. The summed E-state index contributed by atoms with van der Waals surface area (Å²) >= 11 is 0. The number of nitrogens with zero attached hydrogens (tertiary/aromatic N) is 2. The molecule has 1 aromatic carbocycles. The zero-order chi connectivity index (χ0) is 14.2. The van der Waals surface area contributed by atoms with Crippen LogP contribution in [0.5, 0.6) is 0 Å². The average molecular weight is 294 g/mol. The van der Waals surface area contributed by atoms with Gasteiger partial charge in [0.2, 0.25) is 10.0 Å². The Labute approximate surface area is 121 Å². The van der Waals surface area contributed by atoms with Gasteiger partial charge in [0.1, 0.15) is 0 Å². The predicted molar refractivity (Wildman–Crippen MR) is 79.3 cm³/mol. The molecule has 0 atom stereocenters. The van der Waals surface area contributed by atoms with Gasteiger partial charge in [0, 0.05) is 26.2 Å². The third kappa shape index (κ3) is 2.62. The summed E-state index contributed by atoms with van der Waals surface area (Å²) in [5.74, 6) is 0. The smallest absolute Gasteiger partial charge is 0.243 e. The molecule has 20 heavy (non-hydrogen) atoms. The molecule has 0 amide bonds. The maximum Gasteiger partial charge on any atom is 0.243 e. The molecule has 1 aliphatic carbocycles. The highest BCUT2D eigenvalue weighted by Gasteiger charge is 2.28. The van der Waals surface area contributed by atoms with Crippen LogP contribution in [-0.2, 0) is 22.9 Å². The average Bonchev–Trinajstić information content (AvgIpc) is 2.47. The van der Waals surface area contributed by atoms with Gasteiger partial charge in [0.05, 0.1) is 4.90 Å². The van der Waals surface area contributed by atoms with Crippen LogP contribution in [0.1, 0.15) is 24.0 Å². The van der Waals surface area contributed by atoms with Gasteiger partial charge >= 0.3 is 0 Å². The van der Waals surface area contributed by atoms with Crippen molar-refractivity contribution in [2.45, 2.75) is 30.6 Å². The van der Waals surface area contributed by atoms with Crippen LogP contribution >= 0.6 is 0 Å². The van der Waals surface area contributed by atoms with E-state index in [9.17, 15) is 8.42 Å². The van der Waals surface area contributed by atoms with Crippen LogP contribution in [0.15, 0.2) is 23.1 Å². The van der Waals surface area contributed by atoms with E-state index in [0.29, 0.717) is 18.0 Å². The van der Waals surface area contributed by atoms with Crippen LogP contribution in [0.4, 0.5) is 0 Å². The first-order valence-electron chi connectivity index (χ1n) is 7.38. The number of hydrogen-bond donors (Lipinski definition) is 0. The fraction of sp³-hybridized carbons (Fsp3) is 0.600. The monoisotopic (exact) mass is 294 g/mol. The SMILES string of the molecule is CN1CCN(S(=O)(=O)c2ccc3c(c2)CCCC3)CC1. The van der Waals surface area contributed by atoms with Gasteiger partial charge in [-0.25, -0.2) is 8.42 Å². The van der Waals surface area contributed by atoms with E-state index in [0.717, 1.165) is 25.9 Å². The lowest BCUT2D eigenvalue weighted by Crippen LogP contribution is -2.47. The van der Waals surface area contributed by atoms with Crippen LogP contribution < -0.4 is 0 Å². The maximum absolute atomic E-state index is 12.7. The summed E-state index contributed by atoms with van der Waals surface area (Å²) in [6.45, 7) is 2.81. The number of aryl methyl sites for hydroxylation is 2. The van der Waals surface area contributed by atoms with E-state index in [1.807, 2.05) is 19.2 Å². The van der Waals surface area contributed by atoms with Crippen molar-refractivity contribution in [2.75, 3.05) is 33.2 Å². The van der Waals surface area contributed by atoms with Crippen molar-refractivity contribution in [3.05, 3.63) is 29.3 Å². The van der Waals surface area contributed by atoms with Crippen LogP contribution in [0.25, 0.3) is 0 Å². The topological polar surface area (TPSA) is 40.6 Å². The summed E-state index contributed by atoms with van der Waals surface area (Å²) in [7, 11) is -1.28. The highest BCUT2D eigenvalue weighted by molar-refractivity contribution is 7.89. The fourth-order valence-corrected chi connectivity index (χ4v) is 4.52. The highest BCUT2D eigenvalue weighted by Crippen LogP contribution is 2.26. The van der Waals surface area contributed by atoms with Gasteiger partial charge in [-0.1, -0.05) is 6.07 Å². The fourth-order valence-electron chi connectivity index (χ4n) is 3.05. The Hall–Kier alpha value is -0.910. The normalized spacial score (nSPS) is 21.6. The molecule has 1 fully saturated rings. The van der Waals surface area contributed by atoms with E-state index in [1.165, 1.54) is 24.0 Å². The molecule has 0 bridgehead atoms. The summed E-state index contributed by atoms with van der Waals surface area (Å²) in [6, 6.07) is 5.71. The number of likely N-dealkylation sites (N-methyl/N-ethyl adjacent to an activating group) is 1. The van der Waals surface area contributed by atoms with E-state index in [-0.39, 0.29) is 0 Å². The second-order valence-electron chi connectivity index (χ2n) is 5.84. The second-order valence-corrected chi connectivity index (χ2v) is 7.78. The first kappa shape index (κ1) is 14.0. The minimum Gasteiger partial charge on any atom is -0.304 e. The summed E-state index contributed by atoms with van der Waals surface area (Å²) < 4.78 is 27.0. The van der Waals surface area contributed by atoms with E-state index < -0.39 is 10.0 Å². The zero-order valence-electron chi connectivity index (χ0n) is 12.0. The van der Waals surface area contributed by atoms with Gasteiger partial charge < -0.3 is 4.90 Å². The van der Waals surface area contributed by atoms with Crippen LogP contribution in [0, 0.1) is 0 Å². The molecule has 1 saturated heterocycles. The lowest BCUT2D eigenvalue weighted by atomic mass is 9.92. The van der Waals surface area contributed by atoms with Crippen LogP contribution in [0.2, 0.25) is 0 Å². The molecule has 2 aliphatic rings. The molecule has 1 heterocycles. The van der Waals surface area contributed by atoms with Crippen molar-refractivity contribution in [2.24, 2.45) is 0 Å². The summed E-state index contributed by atoms with van der Waals surface area (Å²) in [4.78, 5) is 2.64. The van der Waals surface area contributed by atoms with E-state index in [2.05, 4.69) is 4.90 Å². The van der Waals surface area contributed by atoms with Crippen molar-refractivity contribution in [3.63, 3.8) is 0 Å². The van der Waals surface area contributed by atoms with Crippen molar-refractivity contribution in [3.8, 4) is 0 Å². The molecule has 1 aromatic rings. The van der Waals surface area contributed by atoms with Crippen molar-refractivity contribution < 1.29 is 8.42 Å². The second kappa shape index (κ2) is 5.47. The third-order valence-corrected chi connectivity index (χ3v) is 6.31. The molecular weight excluding hydrogens is 272 g/mol. The molecule has 0 radical (unpaired) electrons. The zero-order valence-corrected chi connectivity index (χ0v) is 12.8. The molecule has 1 aliphatic heterocycles. The molecule has 4 nitrogen and oxygen atoms in total. The molecule has 0 unspecified atom stereocenters. The van der Waals surface area contributed by atoms with E-state index in [1.54, 1.807) is 10.4 Å². The van der Waals surface area contributed by atoms with Crippen molar-refractivity contribution >= 4 is 10.0 Å². The summed E-state index contributed by atoms with van der Waals surface area (Å²) in [5.41, 5.74) is 2.56. The lowest BCUT2D eigenvalue weighted by Gasteiger charge is -2.31. The Morgan fingerprint density at radius 2 is 1.60 bits per heavy atom. The van der Waals surface area contributed by atoms with Gasteiger partial charge in [0.25, 0.3) is 0 Å². The van der Waals surface area contributed by atoms with Crippen molar-refractivity contribution in [1.82, 2.24) is 9.21 Å². The Morgan fingerprint density at radius 1 is 0.950 bits per heavy atom. The minimum atomic E-state index is -3.31. The Bertz CT molecular complexity index is 590. The highest BCUT2D eigenvalue weighted by atomic mass is 32.2. The minimum absolute atomic E-state index is 0.475. The van der Waals surface area contributed by atoms with E-state index >= 15 is 0 Å². The van der Waals surface area contributed by atoms with Crippen LogP contribution in [-0.4, -0.2) is 50.8 Å². The molecule has 0 spiro atoms. The number of sulfonamides is 1. The molecule has 5 heteroatoms. The molecular formula is C15H22N2O2S. The van der Waals surface area contributed by atoms with E-state index in [4.69, 9.17) is 0 Å². The Morgan fingerprint density at radius 3 is 2.30 bits per heavy atom.